The molecule has 1 aliphatic rings. The van der Waals surface area contributed by atoms with Crippen LogP contribution in [-0.2, 0) is 16.1 Å². The van der Waals surface area contributed by atoms with Crippen molar-refractivity contribution in [2.75, 3.05) is 0 Å². The largest absolute Gasteiger partial charge is 0.459 e. The highest BCUT2D eigenvalue weighted by Crippen LogP contribution is 2.25. The lowest BCUT2D eigenvalue weighted by Crippen LogP contribution is -2.43. The third-order valence-electron chi connectivity index (χ3n) is 4.64. The minimum atomic E-state index is -1.00. The Balaban J connectivity index is 1.40. The van der Waals surface area contributed by atoms with Gasteiger partial charge in [0.1, 0.15) is 12.6 Å². The van der Waals surface area contributed by atoms with Gasteiger partial charge in [-0.15, -0.1) is 0 Å². The minimum Gasteiger partial charge on any atom is -0.459 e. The fourth-order valence-electron chi connectivity index (χ4n) is 3.11. The SMILES string of the molecule is C[C@H](C(=O)OCc1ccc(-n2cccn2)cc1)N1C(=O)c2ccccc2C1=O. The molecule has 2 aromatic carbocycles. The third kappa shape index (κ3) is 3.07. The number of hydrogen-bond donors (Lipinski definition) is 0. The van der Waals surface area contributed by atoms with Crippen LogP contribution in [0.25, 0.3) is 5.69 Å². The van der Waals surface area contributed by atoms with Crippen molar-refractivity contribution in [3.63, 3.8) is 0 Å². The number of ether oxygens (including phenoxy) is 1. The number of benzene rings is 2. The zero-order valence-electron chi connectivity index (χ0n) is 15.1. The highest BCUT2D eigenvalue weighted by Gasteiger charge is 2.41. The molecule has 0 fully saturated rings. The number of fused-ring (bicyclic) bond motifs is 1. The number of rotatable bonds is 5. The lowest BCUT2D eigenvalue weighted by molar-refractivity contribution is -0.149. The molecule has 0 unspecified atom stereocenters. The number of carbonyl (C=O) groups excluding carboxylic acids is 3. The fraction of sp³-hybridized carbons (Fsp3) is 0.143. The lowest BCUT2D eigenvalue weighted by atomic mass is 10.1. The molecule has 7 heteroatoms. The summed E-state index contributed by atoms with van der Waals surface area (Å²) < 4.78 is 7.04. The van der Waals surface area contributed by atoms with Gasteiger partial charge in [0.25, 0.3) is 11.8 Å². The first-order chi connectivity index (χ1) is 13.6. The predicted molar refractivity (Wildman–Crippen MR) is 99.8 cm³/mol. The molecule has 0 saturated heterocycles. The van der Waals surface area contributed by atoms with E-state index in [0.717, 1.165) is 16.2 Å². The Morgan fingerprint density at radius 2 is 1.64 bits per heavy atom. The van der Waals surface area contributed by atoms with E-state index in [4.69, 9.17) is 4.74 Å². The minimum absolute atomic E-state index is 0.0474. The zero-order valence-corrected chi connectivity index (χ0v) is 15.1. The quantitative estimate of drug-likeness (QED) is 0.506. The molecule has 2 amide bonds. The van der Waals surface area contributed by atoms with Crippen molar-refractivity contribution in [1.82, 2.24) is 14.7 Å². The summed E-state index contributed by atoms with van der Waals surface area (Å²) in [7, 11) is 0. The van der Waals surface area contributed by atoms with Gasteiger partial charge >= 0.3 is 5.97 Å². The van der Waals surface area contributed by atoms with Gasteiger partial charge in [-0.25, -0.2) is 9.48 Å². The van der Waals surface area contributed by atoms with Gasteiger partial charge in [-0.3, -0.25) is 14.5 Å². The number of amides is 2. The van der Waals surface area contributed by atoms with Crippen molar-refractivity contribution in [2.24, 2.45) is 0 Å². The van der Waals surface area contributed by atoms with E-state index in [1.54, 1.807) is 35.1 Å². The summed E-state index contributed by atoms with van der Waals surface area (Å²) in [5.74, 6) is -1.59. The van der Waals surface area contributed by atoms with E-state index >= 15 is 0 Å². The molecule has 140 valence electrons. The Bertz CT molecular complexity index is 1010. The molecule has 3 aromatic rings. The van der Waals surface area contributed by atoms with Crippen molar-refractivity contribution in [1.29, 1.82) is 0 Å². The van der Waals surface area contributed by atoms with Gasteiger partial charge in [-0.1, -0.05) is 24.3 Å². The summed E-state index contributed by atoms with van der Waals surface area (Å²) >= 11 is 0. The van der Waals surface area contributed by atoms with E-state index in [9.17, 15) is 14.4 Å². The Morgan fingerprint density at radius 1 is 1.00 bits per heavy atom. The molecule has 0 aliphatic carbocycles. The molecule has 2 heterocycles. The number of esters is 1. The molecule has 0 bridgehead atoms. The fourth-order valence-corrected chi connectivity index (χ4v) is 3.11. The maximum absolute atomic E-state index is 12.5. The van der Waals surface area contributed by atoms with E-state index in [2.05, 4.69) is 5.10 Å². The predicted octanol–water partition coefficient (Wildman–Crippen LogP) is 2.60. The number of nitrogens with zero attached hydrogens (tertiary/aromatic N) is 3. The van der Waals surface area contributed by atoms with Crippen LogP contribution in [0, 0.1) is 0 Å². The van der Waals surface area contributed by atoms with Crippen LogP contribution in [0.3, 0.4) is 0 Å². The number of carbonyl (C=O) groups is 3. The van der Waals surface area contributed by atoms with Crippen molar-refractivity contribution in [3.05, 3.63) is 83.7 Å². The average molecular weight is 375 g/mol. The van der Waals surface area contributed by atoms with E-state index in [-0.39, 0.29) is 6.61 Å². The normalized spacial score (nSPS) is 14.1. The average Bonchev–Trinajstić information content (AvgIpc) is 3.34. The van der Waals surface area contributed by atoms with Crippen LogP contribution in [0.2, 0.25) is 0 Å². The second-order valence-corrected chi connectivity index (χ2v) is 6.43. The van der Waals surface area contributed by atoms with Crippen molar-refractivity contribution < 1.29 is 19.1 Å². The smallest absolute Gasteiger partial charge is 0.329 e. The van der Waals surface area contributed by atoms with Gasteiger partial charge in [0, 0.05) is 12.4 Å². The topological polar surface area (TPSA) is 81.5 Å². The van der Waals surface area contributed by atoms with Crippen LogP contribution in [0.5, 0.6) is 0 Å². The molecule has 0 spiro atoms. The molecule has 0 N–H and O–H groups in total. The standard InChI is InChI=1S/C21H17N3O4/c1-14(24-19(25)17-5-2-3-6-18(17)20(24)26)21(27)28-13-15-7-9-16(10-8-15)23-12-4-11-22-23/h2-12,14H,13H2,1H3/t14-/m1/s1. The molecule has 1 aliphatic heterocycles. The second-order valence-electron chi connectivity index (χ2n) is 6.43. The zero-order chi connectivity index (χ0) is 19.7. The van der Waals surface area contributed by atoms with E-state index in [0.29, 0.717) is 11.1 Å². The summed E-state index contributed by atoms with van der Waals surface area (Å²) in [4.78, 5) is 38.3. The molecule has 7 nitrogen and oxygen atoms in total. The monoisotopic (exact) mass is 375 g/mol. The number of aromatic nitrogens is 2. The highest BCUT2D eigenvalue weighted by atomic mass is 16.5. The molecule has 0 radical (unpaired) electrons. The molecule has 1 atom stereocenters. The van der Waals surface area contributed by atoms with E-state index < -0.39 is 23.8 Å². The van der Waals surface area contributed by atoms with Gasteiger partial charge < -0.3 is 4.74 Å². The summed E-state index contributed by atoms with van der Waals surface area (Å²) in [6.45, 7) is 1.54. The van der Waals surface area contributed by atoms with E-state index in [1.807, 2.05) is 36.5 Å². The highest BCUT2D eigenvalue weighted by molar-refractivity contribution is 6.22. The molecule has 4 rings (SSSR count). The molecular weight excluding hydrogens is 358 g/mol. The van der Waals surface area contributed by atoms with Gasteiger partial charge in [-0.2, -0.15) is 5.10 Å². The first kappa shape index (κ1) is 17.7. The molecule has 28 heavy (non-hydrogen) atoms. The third-order valence-corrected chi connectivity index (χ3v) is 4.64. The molecule has 1 aromatic heterocycles. The first-order valence-electron chi connectivity index (χ1n) is 8.79. The Labute approximate surface area is 161 Å². The van der Waals surface area contributed by atoms with Crippen molar-refractivity contribution in [2.45, 2.75) is 19.6 Å². The molecular formula is C21H17N3O4. The Kier molecular flexibility index (Phi) is 4.49. The summed E-state index contributed by atoms with van der Waals surface area (Å²) in [6.07, 6.45) is 3.52. The lowest BCUT2D eigenvalue weighted by Gasteiger charge is -2.21. The number of hydrogen-bond acceptors (Lipinski definition) is 5. The maximum atomic E-state index is 12.5. The van der Waals surface area contributed by atoms with Crippen LogP contribution in [0.1, 0.15) is 33.2 Å². The van der Waals surface area contributed by atoms with Crippen LogP contribution >= 0.6 is 0 Å². The summed E-state index contributed by atoms with van der Waals surface area (Å²) in [6, 6.07) is 14.7. The summed E-state index contributed by atoms with van der Waals surface area (Å²) in [5.41, 5.74) is 2.29. The first-order valence-corrected chi connectivity index (χ1v) is 8.79. The molecule has 0 saturated carbocycles. The van der Waals surface area contributed by atoms with Crippen LogP contribution in [-0.4, -0.2) is 38.5 Å². The van der Waals surface area contributed by atoms with Crippen molar-refractivity contribution in [3.8, 4) is 5.69 Å². The van der Waals surface area contributed by atoms with Crippen LogP contribution in [0.4, 0.5) is 0 Å². The van der Waals surface area contributed by atoms with Crippen LogP contribution < -0.4 is 0 Å². The van der Waals surface area contributed by atoms with Crippen LogP contribution in [0.15, 0.2) is 67.0 Å². The maximum Gasteiger partial charge on any atom is 0.329 e. The van der Waals surface area contributed by atoms with Gasteiger partial charge in [0.2, 0.25) is 0 Å². The van der Waals surface area contributed by atoms with Gasteiger partial charge in [0.05, 0.1) is 16.8 Å². The Morgan fingerprint density at radius 3 is 2.21 bits per heavy atom. The number of imide groups is 1. The summed E-state index contributed by atoms with van der Waals surface area (Å²) in [5, 5.41) is 4.15. The van der Waals surface area contributed by atoms with Gasteiger partial charge in [-0.05, 0) is 42.8 Å². The van der Waals surface area contributed by atoms with Crippen molar-refractivity contribution >= 4 is 17.8 Å². The van der Waals surface area contributed by atoms with Gasteiger partial charge in [0.15, 0.2) is 0 Å². The Hall–Kier alpha value is -3.74. The van der Waals surface area contributed by atoms with E-state index in [1.165, 1.54) is 6.92 Å². The second kappa shape index (κ2) is 7.11.